The normalized spacial score (nSPS) is 12.9. The van der Waals surface area contributed by atoms with Crippen molar-refractivity contribution in [1.29, 1.82) is 0 Å². The van der Waals surface area contributed by atoms with E-state index >= 15 is 0 Å². The average Bonchev–Trinajstić information content (AvgIpc) is 3.07. The molecule has 1 aromatic heterocycles. The number of thiazole rings is 1. The van der Waals surface area contributed by atoms with Gasteiger partial charge in [-0.05, 0) is 45.6 Å². The number of ether oxygens (including phenoxy) is 1. The van der Waals surface area contributed by atoms with Gasteiger partial charge < -0.3 is 20.3 Å². The summed E-state index contributed by atoms with van der Waals surface area (Å²) in [7, 11) is 5.84. The van der Waals surface area contributed by atoms with Gasteiger partial charge >= 0.3 is 0 Å². The third-order valence-electron chi connectivity index (χ3n) is 4.19. The standard InChI is InChI=1S/C20H31N5OS/c1-6-21-20(22-12-11-19-23-13-15(2)27-19)24-14-18(25(3)4)16-7-9-17(26-5)10-8-16/h7-10,13,18H,6,11-12,14H2,1-5H3,(H2,21,22,24). The van der Waals surface area contributed by atoms with Crippen molar-refractivity contribution in [1.82, 2.24) is 20.5 Å². The first-order chi connectivity index (χ1) is 13.0. The Bertz CT molecular complexity index is 711. The quantitative estimate of drug-likeness (QED) is 0.510. The maximum atomic E-state index is 5.26. The number of aromatic nitrogens is 1. The molecule has 27 heavy (non-hydrogen) atoms. The Labute approximate surface area is 166 Å². The van der Waals surface area contributed by atoms with Gasteiger partial charge in [0.1, 0.15) is 5.75 Å². The molecule has 0 amide bonds. The van der Waals surface area contributed by atoms with E-state index in [0.717, 1.165) is 36.2 Å². The second-order valence-electron chi connectivity index (χ2n) is 6.51. The Morgan fingerprint density at radius 2 is 2.00 bits per heavy atom. The van der Waals surface area contributed by atoms with Crippen LogP contribution in [0.5, 0.6) is 5.75 Å². The largest absolute Gasteiger partial charge is 0.497 e. The van der Waals surface area contributed by atoms with E-state index in [9.17, 15) is 0 Å². The molecule has 148 valence electrons. The average molecular weight is 390 g/mol. The molecule has 0 saturated heterocycles. The summed E-state index contributed by atoms with van der Waals surface area (Å²) < 4.78 is 5.26. The maximum absolute atomic E-state index is 5.26. The van der Waals surface area contributed by atoms with Gasteiger partial charge in [0.2, 0.25) is 0 Å². The summed E-state index contributed by atoms with van der Waals surface area (Å²) in [5, 5.41) is 7.88. The predicted molar refractivity (Wildman–Crippen MR) is 114 cm³/mol. The lowest BCUT2D eigenvalue weighted by atomic mass is 10.1. The molecule has 1 aromatic carbocycles. The van der Waals surface area contributed by atoms with Crippen LogP contribution in [0.1, 0.15) is 28.4 Å². The van der Waals surface area contributed by atoms with E-state index in [4.69, 9.17) is 9.73 Å². The lowest BCUT2D eigenvalue weighted by Gasteiger charge is -2.24. The molecule has 1 atom stereocenters. The molecule has 0 saturated carbocycles. The predicted octanol–water partition coefficient (Wildman–Crippen LogP) is 2.86. The van der Waals surface area contributed by atoms with E-state index in [1.807, 2.05) is 18.3 Å². The summed E-state index contributed by atoms with van der Waals surface area (Å²) in [6, 6.07) is 8.39. The molecule has 7 heteroatoms. The van der Waals surface area contributed by atoms with Crippen LogP contribution in [0, 0.1) is 6.92 Å². The van der Waals surface area contributed by atoms with Gasteiger partial charge in [-0.2, -0.15) is 0 Å². The zero-order valence-electron chi connectivity index (χ0n) is 17.0. The summed E-state index contributed by atoms with van der Waals surface area (Å²) in [6.07, 6.45) is 2.83. The van der Waals surface area contributed by atoms with Crippen molar-refractivity contribution in [3.05, 3.63) is 45.9 Å². The number of aryl methyl sites for hydroxylation is 1. The van der Waals surface area contributed by atoms with Crippen LogP contribution >= 0.6 is 11.3 Å². The number of likely N-dealkylation sites (N-methyl/N-ethyl adjacent to an activating group) is 1. The number of hydrogen-bond donors (Lipinski definition) is 2. The SMILES string of the molecule is CCNC(=NCC(c1ccc(OC)cc1)N(C)C)NCCc1ncc(C)s1. The highest BCUT2D eigenvalue weighted by Crippen LogP contribution is 2.21. The number of benzene rings is 1. The summed E-state index contributed by atoms with van der Waals surface area (Å²) in [5.74, 6) is 1.71. The summed E-state index contributed by atoms with van der Waals surface area (Å²) in [4.78, 5) is 12.6. The fraction of sp³-hybridized carbons (Fsp3) is 0.500. The molecule has 2 aromatic rings. The van der Waals surface area contributed by atoms with Crippen molar-refractivity contribution in [3.8, 4) is 5.75 Å². The molecule has 0 fully saturated rings. The Hall–Kier alpha value is -2.12. The van der Waals surface area contributed by atoms with Crippen LogP contribution in [0.15, 0.2) is 35.5 Å². The first-order valence-corrected chi connectivity index (χ1v) is 10.1. The van der Waals surface area contributed by atoms with Gasteiger partial charge in [-0.3, -0.25) is 4.99 Å². The van der Waals surface area contributed by atoms with Gasteiger partial charge in [0.15, 0.2) is 5.96 Å². The first-order valence-electron chi connectivity index (χ1n) is 9.27. The van der Waals surface area contributed by atoms with Gasteiger partial charge in [-0.1, -0.05) is 12.1 Å². The van der Waals surface area contributed by atoms with Gasteiger partial charge in [-0.25, -0.2) is 4.98 Å². The summed E-state index contributed by atoms with van der Waals surface area (Å²) in [5.41, 5.74) is 1.22. The number of guanidine groups is 1. The Balaban J connectivity index is 1.98. The Morgan fingerprint density at radius 3 is 2.56 bits per heavy atom. The molecular formula is C20H31N5OS. The number of aliphatic imine (C=N–C) groups is 1. The smallest absolute Gasteiger partial charge is 0.191 e. The monoisotopic (exact) mass is 389 g/mol. The third kappa shape index (κ3) is 6.84. The van der Waals surface area contributed by atoms with Crippen molar-refractivity contribution in [2.45, 2.75) is 26.3 Å². The molecule has 6 nitrogen and oxygen atoms in total. The van der Waals surface area contributed by atoms with Crippen LogP contribution in [0.25, 0.3) is 0 Å². The van der Waals surface area contributed by atoms with E-state index in [0.29, 0.717) is 6.54 Å². The number of nitrogens with one attached hydrogen (secondary N) is 2. The van der Waals surface area contributed by atoms with Crippen molar-refractivity contribution in [3.63, 3.8) is 0 Å². The number of rotatable bonds is 9. The second kappa shape index (κ2) is 10.9. The number of nitrogens with zero attached hydrogens (tertiary/aromatic N) is 3. The van der Waals surface area contributed by atoms with Crippen LogP contribution in [0.3, 0.4) is 0 Å². The minimum Gasteiger partial charge on any atom is -0.497 e. The molecule has 0 aliphatic heterocycles. The minimum absolute atomic E-state index is 0.202. The first kappa shape index (κ1) is 21.2. The van der Waals surface area contributed by atoms with Crippen molar-refractivity contribution < 1.29 is 4.74 Å². The van der Waals surface area contributed by atoms with Gasteiger partial charge in [0.05, 0.1) is 24.7 Å². The molecule has 0 bridgehead atoms. The van der Waals surface area contributed by atoms with E-state index in [-0.39, 0.29) is 6.04 Å². The molecule has 0 spiro atoms. The van der Waals surface area contributed by atoms with Crippen LogP contribution in [0.4, 0.5) is 0 Å². The highest BCUT2D eigenvalue weighted by Gasteiger charge is 2.14. The Morgan fingerprint density at radius 1 is 1.26 bits per heavy atom. The zero-order chi connectivity index (χ0) is 19.6. The van der Waals surface area contributed by atoms with Gasteiger partial charge in [0.25, 0.3) is 0 Å². The summed E-state index contributed by atoms with van der Waals surface area (Å²) in [6.45, 7) is 6.48. The van der Waals surface area contributed by atoms with Crippen molar-refractivity contribution in [2.24, 2.45) is 4.99 Å². The van der Waals surface area contributed by atoms with Crippen LogP contribution in [-0.4, -0.2) is 56.7 Å². The molecule has 0 aliphatic carbocycles. The molecule has 2 N–H and O–H groups in total. The minimum atomic E-state index is 0.202. The maximum Gasteiger partial charge on any atom is 0.191 e. The fourth-order valence-corrected chi connectivity index (χ4v) is 3.50. The van der Waals surface area contributed by atoms with E-state index < -0.39 is 0 Å². The molecule has 1 unspecified atom stereocenters. The molecule has 2 rings (SSSR count). The Kier molecular flexibility index (Phi) is 8.54. The number of hydrogen-bond acceptors (Lipinski definition) is 5. The van der Waals surface area contributed by atoms with E-state index in [1.165, 1.54) is 10.4 Å². The van der Waals surface area contributed by atoms with Crippen molar-refractivity contribution >= 4 is 17.3 Å². The summed E-state index contributed by atoms with van der Waals surface area (Å²) >= 11 is 1.75. The topological polar surface area (TPSA) is 61.8 Å². The number of methoxy groups -OCH3 is 1. The lowest BCUT2D eigenvalue weighted by Crippen LogP contribution is -2.39. The molecular weight excluding hydrogens is 358 g/mol. The van der Waals surface area contributed by atoms with Crippen LogP contribution in [-0.2, 0) is 6.42 Å². The van der Waals surface area contributed by atoms with Gasteiger partial charge in [0, 0.05) is 30.6 Å². The lowest BCUT2D eigenvalue weighted by molar-refractivity contribution is 0.306. The van der Waals surface area contributed by atoms with E-state index in [2.05, 4.69) is 60.6 Å². The second-order valence-corrected chi connectivity index (χ2v) is 7.83. The molecule has 0 aliphatic rings. The molecule has 0 radical (unpaired) electrons. The third-order valence-corrected chi connectivity index (χ3v) is 5.16. The van der Waals surface area contributed by atoms with E-state index in [1.54, 1.807) is 18.4 Å². The van der Waals surface area contributed by atoms with Crippen LogP contribution < -0.4 is 15.4 Å². The zero-order valence-corrected chi connectivity index (χ0v) is 17.8. The van der Waals surface area contributed by atoms with Gasteiger partial charge in [-0.15, -0.1) is 11.3 Å². The fourth-order valence-electron chi connectivity index (χ4n) is 2.72. The highest BCUT2D eigenvalue weighted by molar-refractivity contribution is 7.11. The molecule has 1 heterocycles. The van der Waals surface area contributed by atoms with Crippen molar-refractivity contribution in [2.75, 3.05) is 40.8 Å². The highest BCUT2D eigenvalue weighted by atomic mass is 32.1. The van der Waals surface area contributed by atoms with Crippen LogP contribution in [0.2, 0.25) is 0 Å².